The lowest BCUT2D eigenvalue weighted by molar-refractivity contribution is 0.160. The zero-order valence-electron chi connectivity index (χ0n) is 10.8. The second kappa shape index (κ2) is 6.61. The molecule has 18 heavy (non-hydrogen) atoms. The SMILES string of the molecule is CCCC(O)CNCc1ccc2c(c1)OCCO2. The summed E-state index contributed by atoms with van der Waals surface area (Å²) in [4.78, 5) is 0. The molecule has 1 atom stereocenters. The highest BCUT2D eigenvalue weighted by Gasteiger charge is 2.11. The summed E-state index contributed by atoms with van der Waals surface area (Å²) in [5.41, 5.74) is 1.14. The number of nitrogens with one attached hydrogen (secondary N) is 1. The number of rotatable bonds is 6. The molecule has 100 valence electrons. The Morgan fingerprint density at radius 1 is 1.28 bits per heavy atom. The van der Waals surface area contributed by atoms with E-state index in [0.29, 0.717) is 19.8 Å². The van der Waals surface area contributed by atoms with Crippen LogP contribution in [0.3, 0.4) is 0 Å². The van der Waals surface area contributed by atoms with E-state index < -0.39 is 0 Å². The molecule has 0 fully saturated rings. The van der Waals surface area contributed by atoms with Crippen LogP contribution < -0.4 is 14.8 Å². The van der Waals surface area contributed by atoms with Gasteiger partial charge in [-0.1, -0.05) is 19.4 Å². The molecule has 1 aromatic carbocycles. The molecule has 1 unspecified atom stereocenters. The maximum Gasteiger partial charge on any atom is 0.161 e. The summed E-state index contributed by atoms with van der Waals surface area (Å²) in [5, 5.41) is 12.9. The number of hydrogen-bond acceptors (Lipinski definition) is 4. The van der Waals surface area contributed by atoms with Gasteiger partial charge in [0.2, 0.25) is 0 Å². The van der Waals surface area contributed by atoms with Crippen molar-refractivity contribution in [2.45, 2.75) is 32.4 Å². The average molecular weight is 251 g/mol. The van der Waals surface area contributed by atoms with Gasteiger partial charge >= 0.3 is 0 Å². The van der Waals surface area contributed by atoms with Gasteiger partial charge in [-0.2, -0.15) is 0 Å². The molecule has 0 aliphatic carbocycles. The van der Waals surface area contributed by atoms with Crippen LogP contribution in [0.4, 0.5) is 0 Å². The predicted molar refractivity (Wildman–Crippen MR) is 70.1 cm³/mol. The van der Waals surface area contributed by atoms with Gasteiger partial charge in [0.1, 0.15) is 13.2 Å². The Labute approximate surface area is 108 Å². The Morgan fingerprint density at radius 2 is 2.06 bits per heavy atom. The number of fused-ring (bicyclic) bond motifs is 1. The minimum Gasteiger partial charge on any atom is -0.486 e. The zero-order valence-corrected chi connectivity index (χ0v) is 10.8. The minimum atomic E-state index is -0.257. The summed E-state index contributed by atoms with van der Waals surface area (Å²) in [6, 6.07) is 5.95. The van der Waals surface area contributed by atoms with E-state index in [9.17, 15) is 5.11 Å². The molecule has 0 amide bonds. The maximum atomic E-state index is 9.61. The molecule has 0 radical (unpaired) electrons. The molecule has 4 heteroatoms. The number of ether oxygens (including phenoxy) is 2. The zero-order chi connectivity index (χ0) is 12.8. The van der Waals surface area contributed by atoms with Crippen molar-refractivity contribution in [1.29, 1.82) is 0 Å². The van der Waals surface area contributed by atoms with Crippen molar-refractivity contribution in [2.75, 3.05) is 19.8 Å². The third-order valence-corrected chi connectivity index (χ3v) is 2.94. The van der Waals surface area contributed by atoms with E-state index in [0.717, 1.165) is 36.4 Å². The Balaban J connectivity index is 1.82. The highest BCUT2D eigenvalue weighted by molar-refractivity contribution is 5.43. The summed E-state index contributed by atoms with van der Waals surface area (Å²) in [6.45, 7) is 4.66. The van der Waals surface area contributed by atoms with Crippen LogP contribution in [-0.4, -0.2) is 31.0 Å². The molecular formula is C14H21NO3. The van der Waals surface area contributed by atoms with Crippen LogP contribution in [0.2, 0.25) is 0 Å². The first-order chi connectivity index (χ1) is 8.79. The quantitative estimate of drug-likeness (QED) is 0.808. The minimum absolute atomic E-state index is 0.257. The monoisotopic (exact) mass is 251 g/mol. The van der Waals surface area contributed by atoms with Crippen LogP contribution in [0, 0.1) is 0 Å². The molecule has 0 saturated heterocycles. The van der Waals surface area contributed by atoms with Gasteiger partial charge in [0.15, 0.2) is 11.5 Å². The first-order valence-electron chi connectivity index (χ1n) is 6.57. The van der Waals surface area contributed by atoms with Gasteiger partial charge in [0.25, 0.3) is 0 Å². The van der Waals surface area contributed by atoms with Gasteiger partial charge in [-0.3, -0.25) is 0 Å². The fourth-order valence-corrected chi connectivity index (χ4v) is 2.02. The lowest BCUT2D eigenvalue weighted by atomic mass is 10.1. The summed E-state index contributed by atoms with van der Waals surface area (Å²) in [7, 11) is 0. The molecular weight excluding hydrogens is 230 g/mol. The normalized spacial score (nSPS) is 15.4. The summed E-state index contributed by atoms with van der Waals surface area (Å²) in [6.07, 6.45) is 1.59. The van der Waals surface area contributed by atoms with E-state index >= 15 is 0 Å². The fourth-order valence-electron chi connectivity index (χ4n) is 2.02. The lowest BCUT2D eigenvalue weighted by Gasteiger charge is -2.19. The largest absolute Gasteiger partial charge is 0.486 e. The van der Waals surface area contributed by atoms with Crippen molar-refractivity contribution in [3.63, 3.8) is 0 Å². The highest BCUT2D eigenvalue weighted by Crippen LogP contribution is 2.30. The van der Waals surface area contributed by atoms with Crippen molar-refractivity contribution in [3.05, 3.63) is 23.8 Å². The van der Waals surface area contributed by atoms with Gasteiger partial charge in [-0.05, 0) is 24.1 Å². The van der Waals surface area contributed by atoms with Gasteiger partial charge in [0, 0.05) is 13.1 Å². The summed E-state index contributed by atoms with van der Waals surface area (Å²) >= 11 is 0. The van der Waals surface area contributed by atoms with E-state index in [1.165, 1.54) is 0 Å². The average Bonchev–Trinajstić information content (AvgIpc) is 2.39. The van der Waals surface area contributed by atoms with Crippen molar-refractivity contribution in [1.82, 2.24) is 5.32 Å². The third-order valence-electron chi connectivity index (χ3n) is 2.94. The van der Waals surface area contributed by atoms with Gasteiger partial charge < -0.3 is 19.9 Å². The lowest BCUT2D eigenvalue weighted by Crippen LogP contribution is -2.26. The second-order valence-electron chi connectivity index (χ2n) is 4.55. The van der Waals surface area contributed by atoms with E-state index in [1.807, 2.05) is 18.2 Å². The summed E-state index contributed by atoms with van der Waals surface area (Å²) in [5.74, 6) is 1.63. The highest BCUT2D eigenvalue weighted by atomic mass is 16.6. The molecule has 1 aromatic rings. The van der Waals surface area contributed by atoms with Gasteiger partial charge in [0.05, 0.1) is 6.10 Å². The van der Waals surface area contributed by atoms with E-state index in [-0.39, 0.29) is 6.10 Å². The number of aliphatic hydroxyl groups excluding tert-OH is 1. The van der Waals surface area contributed by atoms with Crippen molar-refractivity contribution < 1.29 is 14.6 Å². The number of hydrogen-bond donors (Lipinski definition) is 2. The Hall–Kier alpha value is -1.26. The molecule has 2 rings (SSSR count). The Bertz CT molecular complexity index is 381. The van der Waals surface area contributed by atoms with Crippen LogP contribution in [0.5, 0.6) is 11.5 Å². The molecule has 1 aliphatic heterocycles. The van der Waals surface area contributed by atoms with Crippen LogP contribution >= 0.6 is 0 Å². The molecule has 1 aliphatic rings. The van der Waals surface area contributed by atoms with Gasteiger partial charge in [-0.25, -0.2) is 0 Å². The Kier molecular flexibility index (Phi) is 4.84. The molecule has 2 N–H and O–H groups in total. The molecule has 0 aromatic heterocycles. The van der Waals surface area contributed by atoms with E-state index in [1.54, 1.807) is 0 Å². The maximum absolute atomic E-state index is 9.61. The standard InChI is InChI=1S/C14H21NO3/c1-2-3-12(16)10-15-9-11-4-5-13-14(8-11)18-7-6-17-13/h4-5,8,12,15-16H,2-3,6-7,9-10H2,1H3. The number of benzene rings is 1. The molecule has 0 saturated carbocycles. The van der Waals surface area contributed by atoms with Gasteiger partial charge in [-0.15, -0.1) is 0 Å². The molecule has 1 heterocycles. The second-order valence-corrected chi connectivity index (χ2v) is 4.55. The van der Waals surface area contributed by atoms with Crippen molar-refractivity contribution >= 4 is 0 Å². The summed E-state index contributed by atoms with van der Waals surface area (Å²) < 4.78 is 11.0. The topological polar surface area (TPSA) is 50.7 Å². The van der Waals surface area contributed by atoms with Crippen LogP contribution in [-0.2, 0) is 6.54 Å². The Morgan fingerprint density at radius 3 is 2.83 bits per heavy atom. The first kappa shape index (κ1) is 13.2. The van der Waals surface area contributed by atoms with Crippen molar-refractivity contribution in [2.24, 2.45) is 0 Å². The van der Waals surface area contributed by atoms with E-state index in [2.05, 4.69) is 12.2 Å². The van der Waals surface area contributed by atoms with Crippen LogP contribution in [0.15, 0.2) is 18.2 Å². The molecule has 0 spiro atoms. The smallest absolute Gasteiger partial charge is 0.161 e. The number of aliphatic hydroxyl groups is 1. The molecule has 4 nitrogen and oxygen atoms in total. The fraction of sp³-hybridized carbons (Fsp3) is 0.571. The van der Waals surface area contributed by atoms with E-state index in [4.69, 9.17) is 9.47 Å². The molecule has 0 bridgehead atoms. The van der Waals surface area contributed by atoms with Crippen LogP contribution in [0.25, 0.3) is 0 Å². The predicted octanol–water partition coefficient (Wildman–Crippen LogP) is 1.71. The first-order valence-corrected chi connectivity index (χ1v) is 6.57. The van der Waals surface area contributed by atoms with Crippen molar-refractivity contribution in [3.8, 4) is 11.5 Å². The third kappa shape index (κ3) is 3.62. The van der Waals surface area contributed by atoms with Crippen LogP contribution in [0.1, 0.15) is 25.3 Å².